The standard InChI is InChI=1S/C34H54N2OS/c1-23(19-22-35-31(37)36-38-26-13-10-24(11-14-26)32(2,3)4)28-16-17-29-27-15-12-25-9-7-8-20-33(25,5)30(27)18-21-34(28,29)6/h10-11,13-14,23,25,27-30H,7-9,12,15-22H2,1-6H3,(H2,35,36,37)/t23-,25?,27?,28?,29?,30?,33?,34?/m1/s1. The Labute approximate surface area is 237 Å². The Hall–Kier alpha value is -1.16. The molecular formula is C34H54N2OS. The molecule has 7 unspecified atom stereocenters. The summed E-state index contributed by atoms with van der Waals surface area (Å²) in [6, 6.07) is 8.44. The number of carbonyl (C=O) groups is 1. The lowest BCUT2D eigenvalue weighted by Gasteiger charge is -2.61. The second-order valence-corrected chi connectivity index (χ2v) is 16.0. The van der Waals surface area contributed by atoms with Crippen molar-refractivity contribution >= 4 is 18.0 Å². The Morgan fingerprint density at radius 2 is 1.68 bits per heavy atom. The van der Waals surface area contributed by atoms with E-state index in [2.05, 4.69) is 75.8 Å². The van der Waals surface area contributed by atoms with E-state index >= 15 is 0 Å². The summed E-state index contributed by atoms with van der Waals surface area (Å²) in [6.45, 7) is 15.3. The van der Waals surface area contributed by atoms with Crippen LogP contribution >= 0.6 is 11.9 Å². The zero-order valence-electron chi connectivity index (χ0n) is 25.1. The highest BCUT2D eigenvalue weighted by atomic mass is 32.2. The van der Waals surface area contributed by atoms with Crippen LogP contribution in [0.25, 0.3) is 0 Å². The van der Waals surface area contributed by atoms with Crippen molar-refractivity contribution in [2.75, 3.05) is 6.54 Å². The van der Waals surface area contributed by atoms with E-state index in [1.807, 2.05) is 0 Å². The first-order valence-electron chi connectivity index (χ1n) is 15.8. The normalized spacial score (nSPS) is 37.5. The van der Waals surface area contributed by atoms with Crippen molar-refractivity contribution in [2.24, 2.45) is 46.3 Å². The lowest BCUT2D eigenvalue weighted by molar-refractivity contribution is -0.114. The zero-order valence-corrected chi connectivity index (χ0v) is 25.9. The molecule has 38 heavy (non-hydrogen) atoms. The molecule has 0 saturated heterocycles. The minimum atomic E-state index is -0.0735. The van der Waals surface area contributed by atoms with Gasteiger partial charge in [0, 0.05) is 11.4 Å². The molecule has 1 aromatic carbocycles. The Morgan fingerprint density at radius 3 is 2.42 bits per heavy atom. The molecule has 0 heterocycles. The predicted molar refractivity (Wildman–Crippen MR) is 161 cm³/mol. The Balaban J connectivity index is 1.10. The average molecular weight is 539 g/mol. The van der Waals surface area contributed by atoms with Crippen LogP contribution < -0.4 is 10.0 Å². The Morgan fingerprint density at radius 1 is 0.947 bits per heavy atom. The van der Waals surface area contributed by atoms with Gasteiger partial charge in [0.25, 0.3) is 0 Å². The number of carbonyl (C=O) groups excluding carboxylic acids is 1. The summed E-state index contributed by atoms with van der Waals surface area (Å²) in [7, 11) is 0. The number of urea groups is 1. The topological polar surface area (TPSA) is 41.1 Å². The van der Waals surface area contributed by atoms with E-state index in [1.54, 1.807) is 0 Å². The van der Waals surface area contributed by atoms with Crippen LogP contribution in [0.1, 0.15) is 118 Å². The smallest absolute Gasteiger partial charge is 0.325 e. The molecule has 0 bridgehead atoms. The largest absolute Gasteiger partial charge is 0.337 e. The van der Waals surface area contributed by atoms with E-state index in [4.69, 9.17) is 0 Å². The van der Waals surface area contributed by atoms with Gasteiger partial charge >= 0.3 is 6.03 Å². The summed E-state index contributed by atoms with van der Waals surface area (Å²) in [6.07, 6.45) is 15.8. The van der Waals surface area contributed by atoms with Gasteiger partial charge in [-0.1, -0.05) is 66.5 Å². The fraction of sp³-hybridized carbons (Fsp3) is 0.794. The van der Waals surface area contributed by atoms with Gasteiger partial charge in [0.2, 0.25) is 0 Å². The molecule has 1 aromatic rings. The van der Waals surface area contributed by atoms with Crippen LogP contribution in [0.2, 0.25) is 0 Å². The van der Waals surface area contributed by atoms with Crippen LogP contribution in [0.15, 0.2) is 29.2 Å². The van der Waals surface area contributed by atoms with Crippen molar-refractivity contribution in [3.05, 3.63) is 29.8 Å². The lowest BCUT2D eigenvalue weighted by Crippen LogP contribution is -2.53. The number of amides is 2. The minimum Gasteiger partial charge on any atom is -0.337 e. The maximum atomic E-state index is 12.5. The van der Waals surface area contributed by atoms with Gasteiger partial charge < -0.3 is 5.32 Å². The molecule has 3 nitrogen and oxygen atoms in total. The first-order chi connectivity index (χ1) is 18.0. The molecule has 4 fully saturated rings. The molecule has 4 heteroatoms. The highest BCUT2D eigenvalue weighted by Gasteiger charge is 2.60. The second kappa shape index (κ2) is 11.0. The summed E-state index contributed by atoms with van der Waals surface area (Å²) in [5.41, 5.74) is 2.60. The summed E-state index contributed by atoms with van der Waals surface area (Å²) in [5, 5.41) is 3.14. The molecule has 212 valence electrons. The molecule has 5 rings (SSSR count). The van der Waals surface area contributed by atoms with Crippen LogP contribution in [0.3, 0.4) is 0 Å². The van der Waals surface area contributed by atoms with Gasteiger partial charge in [-0.05, 0) is 139 Å². The lowest BCUT2D eigenvalue weighted by atomic mass is 9.44. The van der Waals surface area contributed by atoms with E-state index in [-0.39, 0.29) is 11.4 Å². The van der Waals surface area contributed by atoms with Crippen molar-refractivity contribution < 1.29 is 4.79 Å². The predicted octanol–water partition coefficient (Wildman–Crippen LogP) is 9.37. The van der Waals surface area contributed by atoms with E-state index in [0.717, 1.165) is 47.5 Å². The van der Waals surface area contributed by atoms with Crippen LogP contribution in [0.5, 0.6) is 0 Å². The highest BCUT2D eigenvalue weighted by Crippen LogP contribution is 2.68. The van der Waals surface area contributed by atoms with E-state index in [1.165, 1.54) is 81.7 Å². The maximum Gasteiger partial charge on any atom is 0.325 e. The van der Waals surface area contributed by atoms with E-state index in [9.17, 15) is 4.79 Å². The second-order valence-electron chi connectivity index (χ2n) is 15.1. The van der Waals surface area contributed by atoms with Crippen LogP contribution in [0.4, 0.5) is 4.79 Å². The SMILES string of the molecule is C[C@H](CCNC(=O)NSc1ccc(C(C)(C)C)cc1)C1CCC2C3CCC4CCCCC4(C)C3CCC21C. The van der Waals surface area contributed by atoms with Gasteiger partial charge in [-0.25, -0.2) is 4.79 Å². The molecule has 2 amide bonds. The number of hydrogen-bond donors (Lipinski definition) is 2. The molecule has 4 saturated carbocycles. The number of hydrogen-bond acceptors (Lipinski definition) is 2. The minimum absolute atomic E-state index is 0.0735. The molecule has 0 spiro atoms. The van der Waals surface area contributed by atoms with Crippen molar-refractivity contribution in [1.82, 2.24) is 10.0 Å². The van der Waals surface area contributed by atoms with E-state index < -0.39 is 0 Å². The number of nitrogens with one attached hydrogen (secondary N) is 2. The fourth-order valence-corrected chi connectivity index (χ4v) is 10.6. The fourth-order valence-electron chi connectivity index (χ4n) is 10.0. The molecular weight excluding hydrogens is 484 g/mol. The quantitative estimate of drug-likeness (QED) is 0.354. The first-order valence-corrected chi connectivity index (χ1v) is 16.7. The molecule has 4 aliphatic rings. The van der Waals surface area contributed by atoms with Crippen molar-refractivity contribution in [2.45, 2.75) is 122 Å². The highest BCUT2D eigenvalue weighted by molar-refractivity contribution is 7.98. The third-order valence-corrected chi connectivity index (χ3v) is 13.0. The maximum absolute atomic E-state index is 12.5. The summed E-state index contributed by atoms with van der Waals surface area (Å²) < 4.78 is 2.98. The number of rotatable bonds is 6. The summed E-state index contributed by atoms with van der Waals surface area (Å²) in [5.74, 6) is 5.39. The number of fused-ring (bicyclic) bond motifs is 5. The van der Waals surface area contributed by atoms with Crippen LogP contribution in [0, 0.1) is 46.3 Å². The zero-order chi connectivity index (χ0) is 27.1. The molecule has 8 atom stereocenters. The van der Waals surface area contributed by atoms with Gasteiger partial charge in [0.05, 0.1) is 0 Å². The Kier molecular flexibility index (Phi) is 8.23. The van der Waals surface area contributed by atoms with Gasteiger partial charge in [-0.15, -0.1) is 0 Å². The summed E-state index contributed by atoms with van der Waals surface area (Å²) in [4.78, 5) is 13.6. The Bertz CT molecular complexity index is 970. The van der Waals surface area contributed by atoms with E-state index in [0.29, 0.717) is 16.7 Å². The van der Waals surface area contributed by atoms with Crippen molar-refractivity contribution in [3.8, 4) is 0 Å². The average Bonchev–Trinajstić information content (AvgIpc) is 3.24. The summed E-state index contributed by atoms with van der Waals surface area (Å²) >= 11 is 1.40. The van der Waals surface area contributed by atoms with Gasteiger partial charge in [0.1, 0.15) is 0 Å². The molecule has 2 N–H and O–H groups in total. The van der Waals surface area contributed by atoms with Crippen LogP contribution in [-0.4, -0.2) is 12.6 Å². The third kappa shape index (κ3) is 5.41. The van der Waals surface area contributed by atoms with Gasteiger partial charge in [-0.2, -0.15) is 0 Å². The number of benzene rings is 1. The van der Waals surface area contributed by atoms with Gasteiger partial charge in [-0.3, -0.25) is 4.72 Å². The third-order valence-electron chi connectivity index (χ3n) is 12.2. The van der Waals surface area contributed by atoms with Crippen LogP contribution in [-0.2, 0) is 5.41 Å². The molecule has 0 radical (unpaired) electrons. The van der Waals surface area contributed by atoms with Gasteiger partial charge in [0.15, 0.2) is 0 Å². The van der Waals surface area contributed by atoms with Crippen molar-refractivity contribution in [3.63, 3.8) is 0 Å². The van der Waals surface area contributed by atoms with Crippen molar-refractivity contribution in [1.29, 1.82) is 0 Å². The molecule has 0 aromatic heterocycles. The monoisotopic (exact) mass is 538 g/mol. The molecule has 0 aliphatic heterocycles. The first kappa shape index (κ1) is 28.4. The molecule has 4 aliphatic carbocycles.